The third-order valence-electron chi connectivity index (χ3n) is 2.96. The van der Waals surface area contributed by atoms with E-state index in [9.17, 15) is 0 Å². The van der Waals surface area contributed by atoms with Crippen LogP contribution < -0.4 is 0 Å². The van der Waals surface area contributed by atoms with Crippen LogP contribution in [-0.2, 0) is 18.7 Å². The summed E-state index contributed by atoms with van der Waals surface area (Å²) in [6.07, 6.45) is 0. The van der Waals surface area contributed by atoms with Crippen LogP contribution >= 0.6 is 5.45 Å². The molecular formula is C12H28PPd-. The minimum absolute atomic E-state index is 0.395. The van der Waals surface area contributed by atoms with Crippen molar-refractivity contribution in [3.05, 3.63) is 0 Å². The second-order valence-electron chi connectivity index (χ2n) is 7.36. The number of hydrogen-bond acceptors (Lipinski definition) is 0. The third-order valence-corrected chi connectivity index (χ3v) is 19.4. The van der Waals surface area contributed by atoms with Crippen molar-refractivity contribution in [2.45, 2.75) is 77.8 Å². The van der Waals surface area contributed by atoms with Crippen LogP contribution in [0.3, 0.4) is 0 Å². The van der Waals surface area contributed by atoms with Gasteiger partial charge in [-0.3, -0.25) is 0 Å². The summed E-state index contributed by atoms with van der Waals surface area (Å²) in [6, 6.07) is 0. The second-order valence-corrected chi connectivity index (χ2v) is 16.6. The van der Waals surface area contributed by atoms with Crippen LogP contribution in [0.5, 0.6) is 0 Å². The molecule has 0 fully saturated rings. The zero-order valence-electron chi connectivity index (χ0n) is 11.3. The Morgan fingerprint density at radius 1 is 0.571 bits per heavy atom. The third kappa shape index (κ3) is 2.43. The van der Waals surface area contributed by atoms with E-state index < -0.39 is 5.45 Å². The van der Waals surface area contributed by atoms with Crippen LogP contribution in [0.15, 0.2) is 0 Å². The average Bonchev–Trinajstić information content (AvgIpc) is 1.77. The Morgan fingerprint density at radius 2 is 0.714 bits per heavy atom. The Labute approximate surface area is 102 Å². The first-order valence-corrected chi connectivity index (χ1v) is 9.56. The summed E-state index contributed by atoms with van der Waals surface area (Å²) in [5.41, 5.74) is -1.50. The Hall–Kier alpha value is 1.09. The van der Waals surface area contributed by atoms with Crippen LogP contribution in [0, 0.1) is 0 Å². The molecule has 0 aliphatic carbocycles. The van der Waals surface area contributed by atoms with Gasteiger partial charge in [0.2, 0.25) is 0 Å². The number of rotatable bonds is 0. The van der Waals surface area contributed by atoms with Crippen molar-refractivity contribution in [2.24, 2.45) is 0 Å². The van der Waals surface area contributed by atoms with Crippen molar-refractivity contribution in [1.29, 1.82) is 0 Å². The number of hydrogen-bond donors (Lipinski definition) is 0. The first kappa shape index (κ1) is 15.1. The molecule has 0 saturated heterocycles. The van der Waals surface area contributed by atoms with Crippen molar-refractivity contribution >= 4 is 5.45 Å². The van der Waals surface area contributed by atoms with E-state index >= 15 is 0 Å². The summed E-state index contributed by atoms with van der Waals surface area (Å²) in [5.74, 6) is 0. The van der Waals surface area contributed by atoms with Crippen molar-refractivity contribution in [3.8, 4) is 0 Å². The van der Waals surface area contributed by atoms with Crippen LogP contribution in [0.1, 0.15) is 62.3 Å². The van der Waals surface area contributed by atoms with Gasteiger partial charge < -0.3 is 0 Å². The molecule has 0 unspecified atom stereocenters. The maximum absolute atomic E-state index is 3.86. The molecule has 0 aromatic carbocycles. The first-order valence-electron chi connectivity index (χ1n) is 5.41. The fourth-order valence-corrected chi connectivity index (χ4v) is 10.1. The van der Waals surface area contributed by atoms with E-state index in [1.165, 1.54) is 0 Å². The van der Waals surface area contributed by atoms with Gasteiger partial charge in [-0.05, 0) is 0 Å². The topological polar surface area (TPSA) is 0 Å². The van der Waals surface area contributed by atoms with Gasteiger partial charge in [0.1, 0.15) is 0 Å². The average molecular weight is 310 g/mol. The van der Waals surface area contributed by atoms with E-state index in [-0.39, 0.29) is 0 Å². The molecular weight excluding hydrogens is 282 g/mol. The van der Waals surface area contributed by atoms with Crippen LogP contribution in [-0.4, -0.2) is 15.5 Å². The van der Waals surface area contributed by atoms with E-state index in [1.54, 1.807) is 0 Å². The van der Waals surface area contributed by atoms with Crippen LogP contribution in [0.2, 0.25) is 0 Å². The molecule has 0 amide bonds. The Kier molecular flexibility index (Phi) is 4.14. The molecule has 0 rings (SSSR count). The minimum atomic E-state index is -1.50. The Morgan fingerprint density at radius 3 is 0.714 bits per heavy atom. The van der Waals surface area contributed by atoms with E-state index in [4.69, 9.17) is 0 Å². The van der Waals surface area contributed by atoms with Crippen LogP contribution in [0.25, 0.3) is 0 Å². The van der Waals surface area contributed by atoms with Gasteiger partial charge in [0.15, 0.2) is 0 Å². The summed E-state index contributed by atoms with van der Waals surface area (Å²) in [4.78, 5) is 0. The molecule has 0 atom stereocenters. The van der Waals surface area contributed by atoms with Gasteiger partial charge in [0.25, 0.3) is 0 Å². The van der Waals surface area contributed by atoms with E-state index in [0.29, 0.717) is 15.5 Å². The molecule has 2 heteroatoms. The van der Waals surface area contributed by atoms with Gasteiger partial charge in [0, 0.05) is 0 Å². The van der Waals surface area contributed by atoms with Crippen molar-refractivity contribution in [1.82, 2.24) is 0 Å². The molecule has 0 nitrogen and oxygen atoms in total. The molecule has 0 aliphatic rings. The second kappa shape index (κ2) is 3.84. The Bertz CT molecular complexity index is 164. The van der Waals surface area contributed by atoms with Gasteiger partial charge in [-0.2, -0.15) is 0 Å². The molecule has 0 aromatic rings. The first-order chi connectivity index (χ1) is 5.75. The predicted molar refractivity (Wildman–Crippen MR) is 67.6 cm³/mol. The molecule has 0 N–H and O–H groups in total. The summed E-state index contributed by atoms with van der Waals surface area (Å²) in [6.45, 7) is 21.5. The van der Waals surface area contributed by atoms with E-state index in [0.717, 1.165) is 0 Å². The van der Waals surface area contributed by atoms with Gasteiger partial charge in [-0.25, -0.2) is 0 Å². The molecule has 0 heterocycles. The van der Waals surface area contributed by atoms with E-state index in [2.05, 4.69) is 81.0 Å². The fraction of sp³-hybridized carbons (Fsp3) is 1.00. The standard InChI is InChI=1S/C12H27P.Pd/c1-10(2,3)13(11(4,5)6)12(7,8)9;/h1-9H3;/q;-2/p+1. The zero-order chi connectivity index (χ0) is 12.0. The molecule has 0 aliphatic heterocycles. The normalized spacial score (nSPS) is 17.1. The van der Waals surface area contributed by atoms with Gasteiger partial charge >= 0.3 is 102 Å². The molecule has 92 valence electrons. The van der Waals surface area contributed by atoms with Gasteiger partial charge in [0.05, 0.1) is 0 Å². The summed E-state index contributed by atoms with van der Waals surface area (Å²) in [7, 11) is 0. The van der Waals surface area contributed by atoms with Gasteiger partial charge in [-0.15, -0.1) is 0 Å². The quantitative estimate of drug-likeness (QED) is 0.453. The van der Waals surface area contributed by atoms with E-state index in [1.807, 2.05) is 0 Å². The van der Waals surface area contributed by atoms with Crippen molar-refractivity contribution in [3.63, 3.8) is 0 Å². The molecule has 14 heavy (non-hydrogen) atoms. The molecule has 0 spiro atoms. The monoisotopic (exact) mass is 309 g/mol. The van der Waals surface area contributed by atoms with Crippen LogP contribution in [0.4, 0.5) is 0 Å². The zero-order valence-corrected chi connectivity index (χ0v) is 13.9. The summed E-state index contributed by atoms with van der Waals surface area (Å²) in [5, 5.41) is 1.19. The maximum atomic E-state index is 3.86. The predicted octanol–water partition coefficient (Wildman–Crippen LogP) is 4.59. The molecule has 0 aromatic heterocycles. The summed E-state index contributed by atoms with van der Waals surface area (Å²) >= 11 is 3.86. The molecule has 0 radical (unpaired) electrons. The summed E-state index contributed by atoms with van der Waals surface area (Å²) < 4.78 is 0. The molecule has 0 bridgehead atoms. The van der Waals surface area contributed by atoms with Crippen molar-refractivity contribution < 1.29 is 18.7 Å². The fourth-order valence-electron chi connectivity index (χ4n) is 3.38. The van der Waals surface area contributed by atoms with Gasteiger partial charge in [-0.1, -0.05) is 0 Å². The SMILES string of the molecule is CC(C)(C)[PH]([Pd-])(C(C)(C)C)C(C)(C)C. The Balaban J connectivity index is 5.54. The molecule has 0 saturated carbocycles. The van der Waals surface area contributed by atoms with Crippen molar-refractivity contribution in [2.75, 3.05) is 0 Å².